The Labute approximate surface area is 145 Å². The molecule has 0 aromatic heterocycles. The van der Waals surface area contributed by atoms with Crippen LogP contribution >= 0.6 is 0 Å². The quantitative estimate of drug-likeness (QED) is 0.788. The molecule has 0 saturated carbocycles. The van der Waals surface area contributed by atoms with Gasteiger partial charge in [-0.15, -0.1) is 0 Å². The van der Waals surface area contributed by atoms with Crippen molar-refractivity contribution in [1.29, 1.82) is 5.26 Å². The molecule has 0 aliphatic rings. The van der Waals surface area contributed by atoms with E-state index >= 15 is 0 Å². The summed E-state index contributed by atoms with van der Waals surface area (Å²) in [6, 6.07) is 13.3. The van der Waals surface area contributed by atoms with Crippen LogP contribution in [0.2, 0.25) is 0 Å². The van der Waals surface area contributed by atoms with Crippen molar-refractivity contribution in [2.75, 3.05) is 24.9 Å². The van der Waals surface area contributed by atoms with Crippen molar-refractivity contribution >= 4 is 23.2 Å². The largest absolute Gasteiger partial charge is 0.493 e. The molecule has 2 amide bonds. The van der Waals surface area contributed by atoms with E-state index in [9.17, 15) is 9.59 Å². The molecule has 25 heavy (non-hydrogen) atoms. The molecular weight excluding hydrogens is 322 g/mol. The van der Waals surface area contributed by atoms with E-state index in [1.807, 2.05) is 6.07 Å². The average Bonchev–Trinajstić information content (AvgIpc) is 2.61. The fourth-order valence-corrected chi connectivity index (χ4v) is 2.14. The van der Waals surface area contributed by atoms with Gasteiger partial charge in [0.05, 0.1) is 25.9 Å². The second kappa shape index (κ2) is 8.36. The third kappa shape index (κ3) is 4.97. The second-order valence-corrected chi connectivity index (χ2v) is 5.04. The van der Waals surface area contributed by atoms with Crippen molar-refractivity contribution in [2.45, 2.75) is 6.42 Å². The van der Waals surface area contributed by atoms with Crippen LogP contribution < -0.4 is 20.1 Å². The Balaban J connectivity index is 1.95. The first-order valence-corrected chi connectivity index (χ1v) is 7.37. The summed E-state index contributed by atoms with van der Waals surface area (Å²) in [6.45, 7) is 0. The summed E-state index contributed by atoms with van der Waals surface area (Å²) in [5.41, 5.74) is 1.37. The van der Waals surface area contributed by atoms with Crippen LogP contribution in [-0.2, 0) is 9.59 Å². The molecule has 2 rings (SSSR count). The summed E-state index contributed by atoms with van der Waals surface area (Å²) in [4.78, 5) is 23.9. The zero-order valence-corrected chi connectivity index (χ0v) is 13.8. The van der Waals surface area contributed by atoms with Crippen LogP contribution in [0.1, 0.15) is 12.0 Å². The number of anilines is 2. The van der Waals surface area contributed by atoms with E-state index in [0.29, 0.717) is 28.4 Å². The zero-order valence-electron chi connectivity index (χ0n) is 13.8. The van der Waals surface area contributed by atoms with Crippen molar-refractivity contribution in [2.24, 2.45) is 0 Å². The van der Waals surface area contributed by atoms with Crippen LogP contribution in [0.15, 0.2) is 42.5 Å². The maximum atomic E-state index is 12.0. The van der Waals surface area contributed by atoms with Crippen molar-refractivity contribution in [3.8, 4) is 17.6 Å². The average molecular weight is 339 g/mol. The van der Waals surface area contributed by atoms with Crippen LogP contribution in [0.4, 0.5) is 11.4 Å². The molecule has 2 aromatic rings. The monoisotopic (exact) mass is 339 g/mol. The maximum absolute atomic E-state index is 12.0. The summed E-state index contributed by atoms with van der Waals surface area (Å²) < 4.78 is 10.3. The van der Waals surface area contributed by atoms with E-state index in [1.54, 1.807) is 36.4 Å². The summed E-state index contributed by atoms with van der Waals surface area (Å²) in [7, 11) is 3.01. The topological polar surface area (TPSA) is 100 Å². The Hall–Kier alpha value is -3.53. The van der Waals surface area contributed by atoms with Gasteiger partial charge in [-0.25, -0.2) is 0 Å². The van der Waals surface area contributed by atoms with Gasteiger partial charge < -0.3 is 20.1 Å². The molecule has 0 atom stereocenters. The highest BCUT2D eigenvalue weighted by atomic mass is 16.5. The Morgan fingerprint density at radius 3 is 2.20 bits per heavy atom. The fraction of sp³-hybridized carbons (Fsp3) is 0.167. The van der Waals surface area contributed by atoms with E-state index in [-0.39, 0.29) is 6.42 Å². The molecule has 0 aliphatic carbocycles. The number of carbonyl (C=O) groups is 2. The van der Waals surface area contributed by atoms with Crippen LogP contribution in [0.5, 0.6) is 11.5 Å². The fourth-order valence-electron chi connectivity index (χ4n) is 2.14. The SMILES string of the molecule is COc1ccc(NC(=O)CC(=O)Nc2cccc(C#N)c2)cc1OC. The lowest BCUT2D eigenvalue weighted by atomic mass is 10.2. The molecule has 0 unspecified atom stereocenters. The normalized spacial score (nSPS) is 9.64. The number of methoxy groups -OCH3 is 2. The number of carbonyl (C=O) groups excluding carboxylic acids is 2. The van der Waals surface area contributed by atoms with Crippen molar-refractivity contribution in [1.82, 2.24) is 0 Å². The number of hydrogen-bond donors (Lipinski definition) is 2. The third-order valence-corrected chi connectivity index (χ3v) is 3.26. The minimum atomic E-state index is -0.479. The molecule has 0 radical (unpaired) electrons. The van der Waals surface area contributed by atoms with Gasteiger partial charge in [-0.1, -0.05) is 6.07 Å². The van der Waals surface area contributed by atoms with E-state index in [4.69, 9.17) is 14.7 Å². The van der Waals surface area contributed by atoms with Crippen molar-refractivity contribution < 1.29 is 19.1 Å². The van der Waals surface area contributed by atoms with E-state index in [0.717, 1.165) is 0 Å². The Kier molecular flexibility index (Phi) is 5.96. The number of benzene rings is 2. The van der Waals surface area contributed by atoms with Crippen molar-refractivity contribution in [3.05, 3.63) is 48.0 Å². The number of nitrogens with zero attached hydrogens (tertiary/aromatic N) is 1. The highest BCUT2D eigenvalue weighted by molar-refractivity contribution is 6.08. The zero-order chi connectivity index (χ0) is 18.2. The van der Waals surface area contributed by atoms with Gasteiger partial charge in [-0.3, -0.25) is 9.59 Å². The molecule has 0 aliphatic heterocycles. The van der Waals surface area contributed by atoms with Gasteiger partial charge in [0, 0.05) is 17.4 Å². The van der Waals surface area contributed by atoms with E-state index < -0.39 is 11.8 Å². The number of amides is 2. The Morgan fingerprint density at radius 1 is 0.960 bits per heavy atom. The highest BCUT2D eigenvalue weighted by Gasteiger charge is 2.12. The molecule has 7 nitrogen and oxygen atoms in total. The molecule has 7 heteroatoms. The molecule has 2 aromatic carbocycles. The van der Waals surface area contributed by atoms with Gasteiger partial charge in [0.25, 0.3) is 0 Å². The highest BCUT2D eigenvalue weighted by Crippen LogP contribution is 2.29. The van der Waals surface area contributed by atoms with Gasteiger partial charge in [0.1, 0.15) is 6.42 Å². The minimum absolute atomic E-state index is 0.356. The number of nitrogens with one attached hydrogen (secondary N) is 2. The van der Waals surface area contributed by atoms with Crippen LogP contribution in [0, 0.1) is 11.3 Å². The molecule has 128 valence electrons. The summed E-state index contributed by atoms with van der Waals surface area (Å²) in [6.07, 6.45) is -0.356. The van der Waals surface area contributed by atoms with E-state index in [1.165, 1.54) is 20.3 Å². The number of rotatable bonds is 6. The second-order valence-electron chi connectivity index (χ2n) is 5.04. The first kappa shape index (κ1) is 17.8. The van der Waals surface area contributed by atoms with Gasteiger partial charge in [0.15, 0.2) is 11.5 Å². The lowest BCUT2D eigenvalue weighted by Gasteiger charge is -2.10. The Morgan fingerprint density at radius 2 is 1.60 bits per heavy atom. The molecular formula is C18H17N3O4. The summed E-state index contributed by atoms with van der Waals surface area (Å²) in [5, 5.41) is 14.0. The van der Waals surface area contributed by atoms with Gasteiger partial charge in [0.2, 0.25) is 11.8 Å². The maximum Gasteiger partial charge on any atom is 0.233 e. The molecule has 2 N–H and O–H groups in total. The first-order valence-electron chi connectivity index (χ1n) is 7.37. The van der Waals surface area contributed by atoms with Crippen LogP contribution in [0.3, 0.4) is 0 Å². The Bertz CT molecular complexity index is 827. The standard InChI is InChI=1S/C18H17N3O4/c1-24-15-7-6-14(9-16(15)25-2)21-18(23)10-17(22)20-13-5-3-4-12(8-13)11-19/h3-9H,10H2,1-2H3,(H,20,22)(H,21,23). The number of nitriles is 1. The summed E-state index contributed by atoms with van der Waals surface area (Å²) in [5.74, 6) is 0.0583. The molecule has 0 saturated heterocycles. The predicted octanol–water partition coefficient (Wildman–Crippen LogP) is 2.54. The molecule has 0 bridgehead atoms. The number of ether oxygens (including phenoxy) is 2. The molecule has 0 fully saturated rings. The lowest BCUT2D eigenvalue weighted by Crippen LogP contribution is -2.21. The molecule has 0 heterocycles. The lowest BCUT2D eigenvalue weighted by molar-refractivity contribution is -0.123. The minimum Gasteiger partial charge on any atom is -0.493 e. The molecule has 0 spiro atoms. The van der Waals surface area contributed by atoms with Gasteiger partial charge in [-0.05, 0) is 30.3 Å². The first-order chi connectivity index (χ1) is 12.0. The smallest absolute Gasteiger partial charge is 0.233 e. The third-order valence-electron chi connectivity index (χ3n) is 3.26. The van der Waals surface area contributed by atoms with Gasteiger partial charge >= 0.3 is 0 Å². The van der Waals surface area contributed by atoms with E-state index in [2.05, 4.69) is 10.6 Å². The van der Waals surface area contributed by atoms with Crippen LogP contribution in [0.25, 0.3) is 0 Å². The van der Waals surface area contributed by atoms with Gasteiger partial charge in [-0.2, -0.15) is 5.26 Å². The van der Waals surface area contributed by atoms with Crippen molar-refractivity contribution in [3.63, 3.8) is 0 Å². The summed E-state index contributed by atoms with van der Waals surface area (Å²) >= 11 is 0. The number of hydrogen-bond acceptors (Lipinski definition) is 5. The van der Waals surface area contributed by atoms with Crippen LogP contribution in [-0.4, -0.2) is 26.0 Å². The predicted molar refractivity (Wildman–Crippen MR) is 92.6 cm³/mol.